The molecule has 4 aromatic rings. The van der Waals surface area contributed by atoms with E-state index in [1.807, 2.05) is 31.2 Å². The molecule has 1 unspecified atom stereocenters. The van der Waals surface area contributed by atoms with E-state index in [-0.39, 0.29) is 17.8 Å². The fourth-order valence-corrected chi connectivity index (χ4v) is 5.40. The fourth-order valence-electron chi connectivity index (χ4n) is 4.06. The van der Waals surface area contributed by atoms with Crippen molar-refractivity contribution in [1.82, 2.24) is 24.4 Å². The SMILES string of the molecule is CCc1nc2sc(C(c3cccc(Cl)c3)N3CCN(C(=O)c4ccco4)CC3)c(O)n2n1. The summed E-state index contributed by atoms with van der Waals surface area (Å²) in [6.07, 6.45) is 2.21. The van der Waals surface area contributed by atoms with Gasteiger partial charge in [-0.05, 0) is 29.8 Å². The summed E-state index contributed by atoms with van der Waals surface area (Å²) in [5.74, 6) is 1.03. The van der Waals surface area contributed by atoms with Crippen molar-refractivity contribution in [3.63, 3.8) is 0 Å². The number of aryl methyl sites for hydroxylation is 1. The maximum atomic E-state index is 12.7. The molecule has 166 valence electrons. The number of carbonyl (C=O) groups excluding carboxylic acids is 1. The molecule has 4 heterocycles. The number of amides is 1. The molecule has 32 heavy (non-hydrogen) atoms. The quantitative estimate of drug-likeness (QED) is 0.475. The zero-order chi connectivity index (χ0) is 22.2. The van der Waals surface area contributed by atoms with Crippen molar-refractivity contribution >= 4 is 33.8 Å². The first-order chi connectivity index (χ1) is 15.5. The third-order valence-electron chi connectivity index (χ3n) is 5.67. The summed E-state index contributed by atoms with van der Waals surface area (Å²) < 4.78 is 6.77. The van der Waals surface area contributed by atoms with Gasteiger partial charge in [-0.25, -0.2) is 4.98 Å². The van der Waals surface area contributed by atoms with Crippen LogP contribution in [0.15, 0.2) is 47.1 Å². The number of hydrogen-bond acceptors (Lipinski definition) is 7. The van der Waals surface area contributed by atoms with Gasteiger partial charge in [0.1, 0.15) is 0 Å². The van der Waals surface area contributed by atoms with E-state index in [1.54, 1.807) is 17.0 Å². The number of nitrogens with zero attached hydrogens (tertiary/aromatic N) is 5. The predicted octanol–water partition coefficient (Wildman–Crippen LogP) is 3.85. The van der Waals surface area contributed by atoms with Gasteiger partial charge in [-0.3, -0.25) is 9.69 Å². The molecule has 0 bridgehead atoms. The van der Waals surface area contributed by atoms with E-state index in [0.717, 1.165) is 10.4 Å². The molecule has 1 amide bonds. The first-order valence-electron chi connectivity index (χ1n) is 10.4. The molecular formula is C22H22ClN5O3S. The number of furan rings is 1. The Morgan fingerprint density at radius 1 is 1.25 bits per heavy atom. The number of halogens is 1. The lowest BCUT2D eigenvalue weighted by molar-refractivity contribution is 0.0568. The number of aromatic nitrogens is 3. The molecule has 1 aromatic carbocycles. The molecule has 1 atom stereocenters. The van der Waals surface area contributed by atoms with Crippen LogP contribution in [0.4, 0.5) is 0 Å². The fraction of sp³-hybridized carbons (Fsp3) is 0.318. The number of carbonyl (C=O) groups is 1. The topological polar surface area (TPSA) is 87.1 Å². The number of aromatic hydroxyl groups is 1. The minimum Gasteiger partial charge on any atom is -0.492 e. The van der Waals surface area contributed by atoms with E-state index in [2.05, 4.69) is 15.0 Å². The average Bonchev–Trinajstić information content (AvgIpc) is 3.53. The maximum absolute atomic E-state index is 12.7. The summed E-state index contributed by atoms with van der Waals surface area (Å²) in [7, 11) is 0. The molecule has 0 saturated carbocycles. The minimum absolute atomic E-state index is 0.0938. The molecule has 10 heteroatoms. The van der Waals surface area contributed by atoms with Crippen molar-refractivity contribution in [1.29, 1.82) is 0 Å². The lowest BCUT2D eigenvalue weighted by atomic mass is 10.0. The Balaban J connectivity index is 1.46. The van der Waals surface area contributed by atoms with Crippen LogP contribution in [-0.4, -0.2) is 61.6 Å². The van der Waals surface area contributed by atoms with Crippen LogP contribution in [0.3, 0.4) is 0 Å². The largest absolute Gasteiger partial charge is 0.492 e. The standard InChI is InChI=1S/C22H22ClN5O3S/c1-2-17-24-22-28(25-17)21(30)19(32-22)18(14-5-3-6-15(23)13-14)26-8-10-27(11-9-26)20(29)16-7-4-12-31-16/h3-7,12-13,18,30H,2,8-11H2,1H3. The Hall–Kier alpha value is -2.88. The van der Waals surface area contributed by atoms with Crippen molar-refractivity contribution in [2.75, 3.05) is 26.2 Å². The Bertz CT molecular complexity index is 1240. The van der Waals surface area contributed by atoms with E-state index in [0.29, 0.717) is 54.2 Å². The van der Waals surface area contributed by atoms with Gasteiger partial charge in [-0.15, -0.1) is 5.10 Å². The summed E-state index contributed by atoms with van der Waals surface area (Å²) in [6.45, 7) is 4.36. The summed E-state index contributed by atoms with van der Waals surface area (Å²) in [5, 5.41) is 16.1. The second-order valence-corrected chi connectivity index (χ2v) is 9.07. The number of piperazine rings is 1. The zero-order valence-electron chi connectivity index (χ0n) is 17.4. The average molecular weight is 472 g/mol. The normalized spacial score (nSPS) is 16.0. The number of benzene rings is 1. The van der Waals surface area contributed by atoms with Crippen LogP contribution in [0.5, 0.6) is 5.88 Å². The van der Waals surface area contributed by atoms with E-state index >= 15 is 0 Å². The van der Waals surface area contributed by atoms with Gasteiger partial charge >= 0.3 is 0 Å². The van der Waals surface area contributed by atoms with Crippen molar-refractivity contribution in [2.24, 2.45) is 0 Å². The van der Waals surface area contributed by atoms with Crippen LogP contribution < -0.4 is 0 Å². The van der Waals surface area contributed by atoms with Gasteiger partial charge in [0.2, 0.25) is 10.8 Å². The second-order valence-electron chi connectivity index (χ2n) is 7.63. The lowest BCUT2D eigenvalue weighted by Gasteiger charge is -2.38. The molecule has 0 radical (unpaired) electrons. The summed E-state index contributed by atoms with van der Waals surface area (Å²) in [4.78, 5) is 22.6. The monoisotopic (exact) mass is 471 g/mol. The van der Waals surface area contributed by atoms with Gasteiger partial charge in [0.15, 0.2) is 11.6 Å². The number of rotatable bonds is 5. The van der Waals surface area contributed by atoms with Gasteiger partial charge in [-0.2, -0.15) is 4.52 Å². The van der Waals surface area contributed by atoms with Crippen LogP contribution in [0, 0.1) is 0 Å². The first-order valence-corrected chi connectivity index (χ1v) is 11.6. The maximum Gasteiger partial charge on any atom is 0.289 e. The second kappa shape index (κ2) is 8.57. The van der Waals surface area contributed by atoms with Gasteiger partial charge < -0.3 is 14.4 Å². The van der Waals surface area contributed by atoms with Gasteiger partial charge in [0.25, 0.3) is 5.91 Å². The predicted molar refractivity (Wildman–Crippen MR) is 121 cm³/mol. The molecule has 1 aliphatic rings. The van der Waals surface area contributed by atoms with E-state index in [4.69, 9.17) is 16.0 Å². The van der Waals surface area contributed by atoms with E-state index in [9.17, 15) is 9.90 Å². The smallest absolute Gasteiger partial charge is 0.289 e. The number of thiazole rings is 1. The van der Waals surface area contributed by atoms with Crippen LogP contribution in [0.25, 0.3) is 4.96 Å². The summed E-state index contributed by atoms with van der Waals surface area (Å²) in [5.41, 5.74) is 0.971. The van der Waals surface area contributed by atoms with Crippen LogP contribution in [0.2, 0.25) is 5.02 Å². The van der Waals surface area contributed by atoms with E-state index in [1.165, 1.54) is 22.1 Å². The highest BCUT2D eigenvalue weighted by atomic mass is 35.5. The third kappa shape index (κ3) is 3.76. The van der Waals surface area contributed by atoms with Gasteiger partial charge in [-0.1, -0.05) is 42.0 Å². The van der Waals surface area contributed by atoms with Gasteiger partial charge in [0.05, 0.1) is 17.2 Å². The zero-order valence-corrected chi connectivity index (χ0v) is 19.0. The Labute approximate surface area is 193 Å². The molecule has 0 aliphatic carbocycles. The minimum atomic E-state index is -0.229. The molecule has 1 aliphatic heterocycles. The Morgan fingerprint density at radius 3 is 2.72 bits per heavy atom. The number of fused-ring (bicyclic) bond motifs is 1. The first kappa shape index (κ1) is 21.0. The van der Waals surface area contributed by atoms with Crippen molar-refractivity contribution in [3.05, 3.63) is 69.7 Å². The van der Waals surface area contributed by atoms with Crippen molar-refractivity contribution < 1.29 is 14.3 Å². The highest BCUT2D eigenvalue weighted by molar-refractivity contribution is 7.17. The summed E-state index contributed by atoms with van der Waals surface area (Å²) >= 11 is 7.73. The molecule has 3 aromatic heterocycles. The van der Waals surface area contributed by atoms with Crippen molar-refractivity contribution in [2.45, 2.75) is 19.4 Å². The summed E-state index contributed by atoms with van der Waals surface area (Å²) in [6, 6.07) is 10.8. The highest BCUT2D eigenvalue weighted by Gasteiger charge is 2.33. The van der Waals surface area contributed by atoms with Gasteiger partial charge in [0, 0.05) is 37.6 Å². The lowest BCUT2D eigenvalue weighted by Crippen LogP contribution is -2.49. The van der Waals surface area contributed by atoms with Crippen LogP contribution >= 0.6 is 22.9 Å². The number of hydrogen-bond donors (Lipinski definition) is 1. The highest BCUT2D eigenvalue weighted by Crippen LogP contribution is 2.40. The molecule has 0 spiro atoms. The van der Waals surface area contributed by atoms with E-state index < -0.39 is 0 Å². The third-order valence-corrected chi connectivity index (χ3v) is 6.98. The molecule has 5 rings (SSSR count). The molecule has 1 fully saturated rings. The van der Waals surface area contributed by atoms with Crippen LogP contribution in [0.1, 0.15) is 39.8 Å². The Kier molecular flexibility index (Phi) is 5.62. The Morgan fingerprint density at radius 2 is 2.06 bits per heavy atom. The molecule has 1 N–H and O–H groups in total. The molecular weight excluding hydrogens is 450 g/mol. The molecule has 1 saturated heterocycles. The van der Waals surface area contributed by atoms with Crippen molar-refractivity contribution in [3.8, 4) is 5.88 Å². The molecule has 8 nitrogen and oxygen atoms in total. The van der Waals surface area contributed by atoms with Crippen LogP contribution in [-0.2, 0) is 6.42 Å².